The number of methoxy groups -OCH3 is 1. The third kappa shape index (κ3) is 14.6. The van der Waals surface area contributed by atoms with Crippen LogP contribution in [0.2, 0.25) is 0 Å². The maximum absolute atomic E-state index is 11.4. The highest BCUT2D eigenvalue weighted by Gasteiger charge is 2.36. The number of hydrogen-bond donors (Lipinski definition) is 1. The molecule has 0 aliphatic heterocycles. The fourth-order valence-electron chi connectivity index (χ4n) is 2.30. The molecular formula is C16H34O10S2. The number of ether oxygens (including phenoxy) is 3. The third-order valence-corrected chi connectivity index (χ3v) is 4.53. The normalized spacial score (nSPS) is 15.7. The first-order valence-corrected chi connectivity index (χ1v) is 12.5. The lowest BCUT2D eigenvalue weighted by atomic mass is 9.99. The summed E-state index contributed by atoms with van der Waals surface area (Å²) in [6, 6.07) is 0. The maximum atomic E-state index is 11.4. The maximum Gasteiger partial charge on any atom is 0.264 e. The van der Waals surface area contributed by atoms with Gasteiger partial charge in [-0.05, 0) is 20.3 Å². The van der Waals surface area contributed by atoms with E-state index < -0.39 is 44.1 Å². The lowest BCUT2D eigenvalue weighted by Gasteiger charge is -2.35. The van der Waals surface area contributed by atoms with Gasteiger partial charge >= 0.3 is 0 Å². The van der Waals surface area contributed by atoms with E-state index >= 15 is 0 Å². The summed E-state index contributed by atoms with van der Waals surface area (Å²) < 4.78 is 72.1. The van der Waals surface area contributed by atoms with E-state index in [4.69, 9.17) is 22.6 Å². The smallest absolute Gasteiger partial charge is 0.264 e. The number of rotatable bonds is 16. The van der Waals surface area contributed by atoms with Gasteiger partial charge in [0.05, 0.1) is 38.4 Å². The van der Waals surface area contributed by atoms with Gasteiger partial charge in [-0.25, -0.2) is 0 Å². The van der Waals surface area contributed by atoms with E-state index in [9.17, 15) is 21.9 Å². The monoisotopic (exact) mass is 450 g/mol. The van der Waals surface area contributed by atoms with Gasteiger partial charge in [0.1, 0.15) is 6.10 Å². The lowest BCUT2D eigenvalue weighted by molar-refractivity contribution is -0.247. The molecule has 28 heavy (non-hydrogen) atoms. The third-order valence-electron chi connectivity index (χ3n) is 3.40. The summed E-state index contributed by atoms with van der Waals surface area (Å²) in [4.78, 5) is 0. The molecule has 0 saturated heterocycles. The molecule has 0 radical (unpaired) electrons. The van der Waals surface area contributed by atoms with Crippen LogP contribution in [-0.4, -0.2) is 86.0 Å². The van der Waals surface area contributed by atoms with Gasteiger partial charge in [-0.15, -0.1) is 0 Å². The van der Waals surface area contributed by atoms with Crippen LogP contribution in [0.4, 0.5) is 0 Å². The molecule has 0 aliphatic rings. The second-order valence-corrected chi connectivity index (χ2v) is 10.3. The van der Waals surface area contributed by atoms with Crippen LogP contribution >= 0.6 is 0 Å². The van der Waals surface area contributed by atoms with Crippen molar-refractivity contribution in [3.05, 3.63) is 0 Å². The Morgan fingerprint density at radius 1 is 0.964 bits per heavy atom. The Kier molecular flexibility index (Phi) is 12.2. The zero-order valence-corrected chi connectivity index (χ0v) is 19.0. The number of aliphatic hydroxyl groups is 1. The summed E-state index contributed by atoms with van der Waals surface area (Å²) >= 11 is 0. The molecule has 0 spiro atoms. The molecule has 0 heterocycles. The largest absolute Gasteiger partial charge is 0.382 e. The van der Waals surface area contributed by atoms with Crippen molar-refractivity contribution < 1.29 is 44.5 Å². The quantitative estimate of drug-likeness (QED) is 0.201. The standard InChI is InChI=1S/C16H34O10S2/c1-7-8-9-23-15(14(12-22-4)26-16(2,3)17)13(10-24-27(5,18)19)11-25-28(6,20)21/h13-15,17H,7-12H2,1-6H3/t14-,15?/m1/s1. The Morgan fingerprint density at radius 2 is 1.46 bits per heavy atom. The van der Waals surface area contributed by atoms with E-state index in [1.54, 1.807) is 0 Å². The summed E-state index contributed by atoms with van der Waals surface area (Å²) in [6.45, 7) is 4.36. The minimum absolute atomic E-state index is 0.00896. The summed E-state index contributed by atoms with van der Waals surface area (Å²) in [6.07, 6.45) is 1.63. The van der Waals surface area contributed by atoms with E-state index in [2.05, 4.69) is 0 Å². The molecular weight excluding hydrogens is 416 g/mol. The molecule has 0 saturated carbocycles. The minimum Gasteiger partial charge on any atom is -0.382 e. The summed E-state index contributed by atoms with van der Waals surface area (Å²) in [5.74, 6) is -2.36. The Bertz CT molecular complexity index is 588. The van der Waals surface area contributed by atoms with Gasteiger partial charge in [-0.2, -0.15) is 16.8 Å². The molecule has 0 bridgehead atoms. The highest BCUT2D eigenvalue weighted by molar-refractivity contribution is 7.86. The van der Waals surface area contributed by atoms with E-state index in [1.165, 1.54) is 21.0 Å². The van der Waals surface area contributed by atoms with Gasteiger partial charge in [0, 0.05) is 19.6 Å². The van der Waals surface area contributed by atoms with Crippen LogP contribution in [0, 0.1) is 5.92 Å². The zero-order valence-electron chi connectivity index (χ0n) is 17.4. The predicted octanol–water partition coefficient (Wildman–Crippen LogP) is 0.500. The highest BCUT2D eigenvalue weighted by atomic mass is 32.2. The van der Waals surface area contributed by atoms with Crippen molar-refractivity contribution in [3.8, 4) is 0 Å². The van der Waals surface area contributed by atoms with Crippen LogP contribution < -0.4 is 0 Å². The molecule has 1 unspecified atom stereocenters. The van der Waals surface area contributed by atoms with Crippen LogP contribution in [0.3, 0.4) is 0 Å². The van der Waals surface area contributed by atoms with Crippen LogP contribution in [0.15, 0.2) is 0 Å². The molecule has 0 aromatic carbocycles. The zero-order chi connectivity index (χ0) is 22.0. The number of unbranched alkanes of at least 4 members (excludes halogenated alkanes) is 1. The van der Waals surface area contributed by atoms with E-state index in [0.29, 0.717) is 13.0 Å². The fraction of sp³-hybridized carbons (Fsp3) is 1.00. The van der Waals surface area contributed by atoms with Gasteiger partial charge in [0.15, 0.2) is 5.79 Å². The molecule has 10 nitrogen and oxygen atoms in total. The van der Waals surface area contributed by atoms with Gasteiger partial charge in [-0.1, -0.05) is 13.3 Å². The SMILES string of the molecule is CCCCOC(C(COS(C)(=O)=O)COS(C)(=O)=O)[C@@H](COC)OC(C)(C)O. The van der Waals surface area contributed by atoms with Crippen molar-refractivity contribution in [1.29, 1.82) is 0 Å². The predicted molar refractivity (Wildman–Crippen MR) is 103 cm³/mol. The van der Waals surface area contributed by atoms with Crippen LogP contribution in [0.1, 0.15) is 33.6 Å². The lowest BCUT2D eigenvalue weighted by Crippen LogP contribution is -2.48. The minimum atomic E-state index is -3.79. The van der Waals surface area contributed by atoms with E-state index in [1.807, 2.05) is 6.92 Å². The van der Waals surface area contributed by atoms with Crippen molar-refractivity contribution in [2.24, 2.45) is 5.92 Å². The highest BCUT2D eigenvalue weighted by Crippen LogP contribution is 2.22. The molecule has 12 heteroatoms. The Hall–Kier alpha value is -0.340. The first-order chi connectivity index (χ1) is 12.7. The summed E-state index contributed by atoms with van der Waals surface area (Å²) in [7, 11) is -6.14. The second kappa shape index (κ2) is 12.4. The van der Waals surface area contributed by atoms with Gasteiger partial charge in [-0.3, -0.25) is 8.37 Å². The molecule has 1 N–H and O–H groups in total. The van der Waals surface area contributed by atoms with Crippen molar-refractivity contribution in [3.63, 3.8) is 0 Å². The van der Waals surface area contributed by atoms with Crippen molar-refractivity contribution in [2.75, 3.05) is 46.0 Å². The van der Waals surface area contributed by atoms with Crippen molar-refractivity contribution in [2.45, 2.75) is 51.6 Å². The molecule has 0 amide bonds. The summed E-state index contributed by atoms with van der Waals surface area (Å²) in [5.41, 5.74) is 0. The van der Waals surface area contributed by atoms with Gasteiger partial charge in [0.2, 0.25) is 0 Å². The van der Waals surface area contributed by atoms with Crippen LogP contribution in [-0.2, 0) is 42.8 Å². The van der Waals surface area contributed by atoms with Crippen LogP contribution in [0.5, 0.6) is 0 Å². The average Bonchev–Trinajstić information content (AvgIpc) is 2.49. The molecule has 0 fully saturated rings. The Labute approximate surface area is 168 Å². The van der Waals surface area contributed by atoms with Gasteiger partial charge in [0.25, 0.3) is 20.2 Å². The number of hydrogen-bond acceptors (Lipinski definition) is 10. The Morgan fingerprint density at radius 3 is 1.82 bits per heavy atom. The van der Waals surface area contributed by atoms with Crippen LogP contribution in [0.25, 0.3) is 0 Å². The molecule has 0 aromatic rings. The molecule has 2 atom stereocenters. The summed E-state index contributed by atoms with van der Waals surface area (Å²) in [5, 5.41) is 10.0. The average molecular weight is 451 g/mol. The first-order valence-electron chi connectivity index (χ1n) is 8.88. The first kappa shape index (κ1) is 27.7. The Balaban J connectivity index is 5.71. The van der Waals surface area contributed by atoms with Crippen molar-refractivity contribution >= 4 is 20.2 Å². The van der Waals surface area contributed by atoms with E-state index in [0.717, 1.165) is 18.9 Å². The van der Waals surface area contributed by atoms with E-state index in [-0.39, 0.29) is 19.8 Å². The second-order valence-electron chi connectivity index (χ2n) is 6.98. The molecule has 170 valence electrons. The molecule has 0 rings (SSSR count). The molecule has 0 aromatic heterocycles. The van der Waals surface area contributed by atoms with Gasteiger partial charge < -0.3 is 19.3 Å². The van der Waals surface area contributed by atoms with Crippen molar-refractivity contribution in [1.82, 2.24) is 0 Å². The fourth-order valence-corrected chi connectivity index (χ4v) is 3.15. The topological polar surface area (TPSA) is 135 Å². The molecule has 0 aliphatic carbocycles.